The second-order valence-corrected chi connectivity index (χ2v) is 5.79. The summed E-state index contributed by atoms with van der Waals surface area (Å²) in [7, 11) is 1.81. The van der Waals surface area contributed by atoms with E-state index in [0.717, 1.165) is 33.5 Å². The molecule has 4 aromatic rings. The van der Waals surface area contributed by atoms with Crippen molar-refractivity contribution in [3.63, 3.8) is 0 Å². The van der Waals surface area contributed by atoms with Crippen LogP contribution in [0, 0.1) is 0 Å². The predicted molar refractivity (Wildman–Crippen MR) is 100 cm³/mol. The van der Waals surface area contributed by atoms with E-state index >= 15 is 0 Å². The van der Waals surface area contributed by atoms with Crippen molar-refractivity contribution < 1.29 is 0 Å². The molecule has 0 bridgehead atoms. The first-order valence-corrected chi connectivity index (χ1v) is 8.06. The lowest BCUT2D eigenvalue weighted by molar-refractivity contribution is 0.707. The zero-order chi connectivity index (χ0) is 17.2. The minimum absolute atomic E-state index is 0.575. The lowest BCUT2D eigenvalue weighted by Crippen LogP contribution is -2.04. The zero-order valence-corrected chi connectivity index (χ0v) is 13.8. The molecule has 0 atom stereocenters. The number of aromatic nitrogens is 4. The second-order valence-electron chi connectivity index (χ2n) is 5.79. The number of nitrogen functional groups attached to an aromatic ring is 1. The second kappa shape index (κ2) is 6.24. The standard InChI is InChI=1S/C19H18N6/c1-21-19-22-11-16-17(14-5-3-2-4-6-14)24-25(18(16)23-19)12-13-7-9-15(20)10-8-13/h2-11H,12,20H2,1H3,(H,21,22,23). The molecule has 25 heavy (non-hydrogen) atoms. The maximum Gasteiger partial charge on any atom is 0.224 e. The summed E-state index contributed by atoms with van der Waals surface area (Å²) in [6.45, 7) is 0.615. The molecule has 0 aliphatic carbocycles. The highest BCUT2D eigenvalue weighted by atomic mass is 15.3. The van der Waals surface area contributed by atoms with Gasteiger partial charge < -0.3 is 11.1 Å². The minimum atomic E-state index is 0.575. The third-order valence-corrected chi connectivity index (χ3v) is 4.07. The van der Waals surface area contributed by atoms with Crippen molar-refractivity contribution in [2.45, 2.75) is 6.54 Å². The fourth-order valence-electron chi connectivity index (χ4n) is 2.79. The Morgan fingerprint density at radius 1 is 1.04 bits per heavy atom. The maximum atomic E-state index is 5.78. The Morgan fingerprint density at radius 3 is 2.52 bits per heavy atom. The third kappa shape index (κ3) is 2.89. The Hall–Kier alpha value is -3.41. The minimum Gasteiger partial charge on any atom is -0.399 e. The summed E-state index contributed by atoms with van der Waals surface area (Å²) in [6, 6.07) is 17.9. The van der Waals surface area contributed by atoms with Crippen molar-refractivity contribution in [1.29, 1.82) is 0 Å². The van der Waals surface area contributed by atoms with E-state index in [4.69, 9.17) is 10.8 Å². The molecule has 0 amide bonds. The highest BCUT2D eigenvalue weighted by molar-refractivity contribution is 5.91. The molecule has 0 unspecified atom stereocenters. The van der Waals surface area contributed by atoms with Crippen molar-refractivity contribution in [3.8, 4) is 11.3 Å². The SMILES string of the molecule is CNc1ncc2c(-c3ccccc3)nn(Cc3ccc(N)cc3)c2n1. The van der Waals surface area contributed by atoms with Gasteiger partial charge in [-0.25, -0.2) is 9.67 Å². The van der Waals surface area contributed by atoms with Gasteiger partial charge in [-0.05, 0) is 17.7 Å². The molecule has 124 valence electrons. The number of anilines is 2. The summed E-state index contributed by atoms with van der Waals surface area (Å²) in [5.74, 6) is 0.575. The summed E-state index contributed by atoms with van der Waals surface area (Å²) in [5.41, 5.74) is 10.4. The number of hydrogen-bond acceptors (Lipinski definition) is 5. The predicted octanol–water partition coefficient (Wildman–Crippen LogP) is 3.17. The van der Waals surface area contributed by atoms with Crippen molar-refractivity contribution in [2.24, 2.45) is 0 Å². The van der Waals surface area contributed by atoms with Crippen LogP contribution in [0.25, 0.3) is 22.3 Å². The van der Waals surface area contributed by atoms with E-state index in [0.29, 0.717) is 12.5 Å². The molecule has 0 radical (unpaired) electrons. The molecular weight excluding hydrogens is 312 g/mol. The Labute approximate surface area is 145 Å². The lowest BCUT2D eigenvalue weighted by Gasteiger charge is -2.04. The highest BCUT2D eigenvalue weighted by Crippen LogP contribution is 2.27. The molecule has 0 fully saturated rings. The van der Waals surface area contributed by atoms with Crippen LogP contribution in [-0.4, -0.2) is 26.8 Å². The molecule has 0 aliphatic heterocycles. The first-order chi connectivity index (χ1) is 12.2. The number of nitrogens with two attached hydrogens (primary N) is 1. The van der Waals surface area contributed by atoms with Crippen molar-refractivity contribution in [2.75, 3.05) is 18.1 Å². The van der Waals surface area contributed by atoms with E-state index in [1.54, 1.807) is 7.05 Å². The van der Waals surface area contributed by atoms with Crippen LogP contribution in [0.5, 0.6) is 0 Å². The van der Waals surface area contributed by atoms with Crippen LogP contribution in [0.1, 0.15) is 5.56 Å². The lowest BCUT2D eigenvalue weighted by atomic mass is 10.1. The fourth-order valence-corrected chi connectivity index (χ4v) is 2.79. The monoisotopic (exact) mass is 330 g/mol. The van der Waals surface area contributed by atoms with Crippen molar-refractivity contribution >= 4 is 22.7 Å². The third-order valence-electron chi connectivity index (χ3n) is 4.07. The summed E-state index contributed by atoms with van der Waals surface area (Å²) in [4.78, 5) is 8.96. The van der Waals surface area contributed by atoms with Crippen LogP contribution < -0.4 is 11.1 Å². The van der Waals surface area contributed by atoms with Gasteiger partial charge in [0.1, 0.15) is 5.69 Å². The Bertz CT molecular complexity index is 1010. The van der Waals surface area contributed by atoms with Gasteiger partial charge in [-0.15, -0.1) is 0 Å². The first kappa shape index (κ1) is 15.1. The molecule has 4 rings (SSSR count). The molecule has 6 heteroatoms. The van der Waals surface area contributed by atoms with E-state index in [1.165, 1.54) is 0 Å². The van der Waals surface area contributed by atoms with Gasteiger partial charge in [-0.2, -0.15) is 10.1 Å². The highest BCUT2D eigenvalue weighted by Gasteiger charge is 2.15. The smallest absolute Gasteiger partial charge is 0.224 e. The van der Waals surface area contributed by atoms with E-state index in [1.807, 2.05) is 65.5 Å². The zero-order valence-electron chi connectivity index (χ0n) is 13.8. The number of benzene rings is 2. The Kier molecular flexibility index (Phi) is 3.78. The van der Waals surface area contributed by atoms with E-state index in [2.05, 4.69) is 15.3 Å². The summed E-state index contributed by atoms with van der Waals surface area (Å²) in [6.07, 6.45) is 1.82. The van der Waals surface area contributed by atoms with Gasteiger partial charge in [0.15, 0.2) is 5.65 Å². The quantitative estimate of drug-likeness (QED) is 0.562. The molecule has 3 N–H and O–H groups in total. The average molecular weight is 330 g/mol. The molecule has 2 aromatic heterocycles. The molecule has 0 spiro atoms. The van der Waals surface area contributed by atoms with Crippen molar-refractivity contribution in [3.05, 3.63) is 66.4 Å². The molecule has 2 aromatic carbocycles. The van der Waals surface area contributed by atoms with Gasteiger partial charge in [0.05, 0.1) is 11.9 Å². The van der Waals surface area contributed by atoms with Crippen LogP contribution in [0.2, 0.25) is 0 Å². The topological polar surface area (TPSA) is 81.7 Å². The molecule has 6 nitrogen and oxygen atoms in total. The van der Waals surface area contributed by atoms with Crippen LogP contribution >= 0.6 is 0 Å². The number of hydrogen-bond donors (Lipinski definition) is 2. The molecule has 2 heterocycles. The largest absolute Gasteiger partial charge is 0.399 e. The molecule has 0 saturated heterocycles. The number of rotatable bonds is 4. The van der Waals surface area contributed by atoms with Gasteiger partial charge in [0, 0.05) is 24.5 Å². The number of fused-ring (bicyclic) bond motifs is 1. The van der Waals surface area contributed by atoms with E-state index < -0.39 is 0 Å². The van der Waals surface area contributed by atoms with Crippen LogP contribution in [0.3, 0.4) is 0 Å². The summed E-state index contributed by atoms with van der Waals surface area (Å²) >= 11 is 0. The molecular formula is C19H18N6. The Balaban J connectivity index is 1.86. The van der Waals surface area contributed by atoms with Crippen molar-refractivity contribution in [1.82, 2.24) is 19.7 Å². The normalized spacial score (nSPS) is 10.9. The van der Waals surface area contributed by atoms with Gasteiger partial charge in [-0.3, -0.25) is 0 Å². The van der Waals surface area contributed by atoms with Gasteiger partial charge in [0.25, 0.3) is 0 Å². The summed E-state index contributed by atoms with van der Waals surface area (Å²) < 4.78 is 1.91. The average Bonchev–Trinajstić information content (AvgIpc) is 3.02. The maximum absolute atomic E-state index is 5.78. The fraction of sp³-hybridized carbons (Fsp3) is 0.105. The van der Waals surface area contributed by atoms with Gasteiger partial charge in [-0.1, -0.05) is 42.5 Å². The first-order valence-electron chi connectivity index (χ1n) is 8.06. The van der Waals surface area contributed by atoms with Crippen LogP contribution in [-0.2, 0) is 6.54 Å². The van der Waals surface area contributed by atoms with Crippen LogP contribution in [0.15, 0.2) is 60.8 Å². The van der Waals surface area contributed by atoms with E-state index in [-0.39, 0.29) is 0 Å². The van der Waals surface area contributed by atoms with Gasteiger partial charge >= 0.3 is 0 Å². The Morgan fingerprint density at radius 2 is 1.80 bits per heavy atom. The molecule has 0 aliphatic rings. The van der Waals surface area contributed by atoms with E-state index in [9.17, 15) is 0 Å². The van der Waals surface area contributed by atoms with Crippen LogP contribution in [0.4, 0.5) is 11.6 Å². The number of nitrogens with zero attached hydrogens (tertiary/aromatic N) is 4. The molecule has 0 saturated carbocycles. The summed E-state index contributed by atoms with van der Waals surface area (Å²) in [5, 5.41) is 8.73. The van der Waals surface area contributed by atoms with Gasteiger partial charge in [0.2, 0.25) is 5.95 Å². The number of nitrogens with one attached hydrogen (secondary N) is 1.